The van der Waals surface area contributed by atoms with E-state index < -0.39 is 0 Å². The molecule has 2 aromatic rings. The highest BCUT2D eigenvalue weighted by atomic mass is 15.2. The lowest BCUT2D eigenvalue weighted by atomic mass is 9.99. The monoisotopic (exact) mass is 257 g/mol. The van der Waals surface area contributed by atoms with E-state index in [4.69, 9.17) is 5.73 Å². The summed E-state index contributed by atoms with van der Waals surface area (Å²) in [5.41, 5.74) is 7.29. The summed E-state index contributed by atoms with van der Waals surface area (Å²) >= 11 is 0. The summed E-state index contributed by atoms with van der Waals surface area (Å²) in [5.74, 6) is 1.01. The first-order valence-corrected chi connectivity index (χ1v) is 6.93. The van der Waals surface area contributed by atoms with Crippen LogP contribution in [0.3, 0.4) is 0 Å². The molecular weight excluding hydrogens is 238 g/mol. The molecule has 1 saturated heterocycles. The van der Waals surface area contributed by atoms with Crippen LogP contribution in [0.25, 0.3) is 11.2 Å². The minimum absolute atomic E-state index is 0.514. The van der Waals surface area contributed by atoms with Gasteiger partial charge in [0.25, 0.3) is 0 Å². The van der Waals surface area contributed by atoms with Crippen molar-refractivity contribution in [2.24, 2.45) is 5.73 Å². The van der Waals surface area contributed by atoms with Gasteiger partial charge in [0.2, 0.25) is 0 Å². The van der Waals surface area contributed by atoms with Gasteiger partial charge in [-0.1, -0.05) is 0 Å². The summed E-state index contributed by atoms with van der Waals surface area (Å²) in [6.45, 7) is 1.79. The zero-order valence-corrected chi connectivity index (χ0v) is 11.0. The second-order valence-electron chi connectivity index (χ2n) is 4.99. The maximum Gasteiger partial charge on any atom is 0.180 e. The van der Waals surface area contributed by atoms with E-state index in [1.165, 1.54) is 19.3 Å². The van der Waals surface area contributed by atoms with Gasteiger partial charge in [-0.15, -0.1) is 0 Å². The molecule has 2 aromatic heterocycles. The first-order chi connectivity index (χ1) is 9.38. The van der Waals surface area contributed by atoms with Crippen molar-refractivity contribution in [1.29, 1.82) is 0 Å². The number of hydrogen-bond donors (Lipinski definition) is 1. The number of nitrogens with zero attached hydrogens (tertiary/aromatic N) is 4. The van der Waals surface area contributed by atoms with Gasteiger partial charge in [0.1, 0.15) is 11.3 Å². The van der Waals surface area contributed by atoms with Crippen LogP contribution in [0.1, 0.15) is 25.7 Å². The molecule has 0 radical (unpaired) electrons. The predicted octanol–water partition coefficient (Wildman–Crippen LogP) is 1.73. The van der Waals surface area contributed by atoms with Crippen LogP contribution in [0.2, 0.25) is 0 Å². The molecule has 3 rings (SSSR count). The Balaban J connectivity index is 1.92. The van der Waals surface area contributed by atoms with Crippen molar-refractivity contribution in [1.82, 2.24) is 15.0 Å². The SMILES string of the molecule is NCCC1CCCCN1c1ccc2nccnc2n1. The van der Waals surface area contributed by atoms with Crippen molar-refractivity contribution < 1.29 is 0 Å². The van der Waals surface area contributed by atoms with E-state index in [9.17, 15) is 0 Å². The van der Waals surface area contributed by atoms with Crippen LogP contribution < -0.4 is 10.6 Å². The number of nitrogens with two attached hydrogens (primary N) is 1. The Bertz CT molecular complexity index is 554. The third-order valence-corrected chi connectivity index (χ3v) is 3.74. The second-order valence-corrected chi connectivity index (χ2v) is 4.99. The summed E-state index contributed by atoms with van der Waals surface area (Å²) in [6, 6.07) is 4.56. The molecule has 1 unspecified atom stereocenters. The van der Waals surface area contributed by atoms with Gasteiger partial charge in [0.05, 0.1) is 0 Å². The summed E-state index contributed by atoms with van der Waals surface area (Å²) < 4.78 is 0. The molecule has 0 spiro atoms. The quantitative estimate of drug-likeness (QED) is 0.907. The molecule has 0 bridgehead atoms. The average molecular weight is 257 g/mol. The van der Waals surface area contributed by atoms with Crippen LogP contribution in [0.4, 0.5) is 5.82 Å². The largest absolute Gasteiger partial charge is 0.354 e. The minimum atomic E-state index is 0.514. The van der Waals surface area contributed by atoms with Crippen LogP contribution in [0, 0.1) is 0 Å². The van der Waals surface area contributed by atoms with E-state index in [-0.39, 0.29) is 0 Å². The number of aromatic nitrogens is 3. The Morgan fingerprint density at radius 1 is 1.21 bits per heavy atom. The fraction of sp³-hybridized carbons (Fsp3) is 0.500. The molecular formula is C14H19N5. The molecule has 0 aromatic carbocycles. The van der Waals surface area contributed by atoms with Gasteiger partial charge in [-0.25, -0.2) is 9.97 Å². The lowest BCUT2D eigenvalue weighted by Crippen LogP contribution is -2.41. The van der Waals surface area contributed by atoms with Crippen molar-refractivity contribution in [2.75, 3.05) is 18.0 Å². The molecule has 0 aliphatic carbocycles. The topological polar surface area (TPSA) is 67.9 Å². The third-order valence-electron chi connectivity index (χ3n) is 3.74. The highest BCUT2D eigenvalue weighted by molar-refractivity contribution is 5.71. The summed E-state index contributed by atoms with van der Waals surface area (Å²) in [6.07, 6.45) is 8.13. The zero-order valence-electron chi connectivity index (χ0n) is 11.0. The van der Waals surface area contributed by atoms with E-state index >= 15 is 0 Å². The summed E-state index contributed by atoms with van der Waals surface area (Å²) in [7, 11) is 0. The molecule has 3 heterocycles. The number of rotatable bonds is 3. The van der Waals surface area contributed by atoms with Crippen molar-refractivity contribution in [3.8, 4) is 0 Å². The van der Waals surface area contributed by atoms with Crippen LogP contribution in [0.15, 0.2) is 24.5 Å². The summed E-state index contributed by atoms with van der Waals surface area (Å²) in [5, 5.41) is 0. The van der Waals surface area contributed by atoms with Gasteiger partial charge in [-0.05, 0) is 44.4 Å². The van der Waals surface area contributed by atoms with Gasteiger partial charge >= 0.3 is 0 Å². The molecule has 2 N–H and O–H groups in total. The van der Waals surface area contributed by atoms with Gasteiger partial charge in [-0.3, -0.25) is 4.98 Å². The fourth-order valence-electron chi connectivity index (χ4n) is 2.80. The van der Waals surface area contributed by atoms with Crippen molar-refractivity contribution in [3.63, 3.8) is 0 Å². The van der Waals surface area contributed by atoms with Gasteiger partial charge < -0.3 is 10.6 Å². The number of pyridine rings is 1. The molecule has 0 amide bonds. The first kappa shape index (κ1) is 12.3. The lowest BCUT2D eigenvalue weighted by molar-refractivity contribution is 0.439. The Morgan fingerprint density at radius 2 is 2.11 bits per heavy atom. The summed E-state index contributed by atoms with van der Waals surface area (Å²) in [4.78, 5) is 15.6. The van der Waals surface area contributed by atoms with Crippen LogP contribution in [-0.4, -0.2) is 34.1 Å². The van der Waals surface area contributed by atoms with E-state index in [1.54, 1.807) is 12.4 Å². The molecule has 100 valence electrons. The van der Waals surface area contributed by atoms with E-state index in [0.29, 0.717) is 6.04 Å². The molecule has 5 heteroatoms. The lowest BCUT2D eigenvalue weighted by Gasteiger charge is -2.36. The zero-order chi connectivity index (χ0) is 13.1. The van der Waals surface area contributed by atoms with Gasteiger partial charge in [-0.2, -0.15) is 0 Å². The first-order valence-electron chi connectivity index (χ1n) is 6.93. The maximum absolute atomic E-state index is 5.72. The molecule has 5 nitrogen and oxygen atoms in total. The van der Waals surface area contributed by atoms with Crippen LogP contribution in [0.5, 0.6) is 0 Å². The van der Waals surface area contributed by atoms with Crippen molar-refractivity contribution >= 4 is 17.0 Å². The molecule has 1 aliphatic rings. The Labute approximate surface area is 112 Å². The molecule has 0 saturated carbocycles. The standard InChI is InChI=1S/C14H19N5/c15-7-6-11-3-1-2-10-19(11)13-5-4-12-14(18-13)17-9-8-16-12/h4-5,8-9,11H,1-3,6-7,10,15H2. The number of piperidine rings is 1. The second kappa shape index (κ2) is 5.48. The fourth-order valence-corrected chi connectivity index (χ4v) is 2.80. The third kappa shape index (κ3) is 2.51. The molecule has 1 aliphatic heterocycles. The maximum atomic E-state index is 5.72. The predicted molar refractivity (Wildman–Crippen MR) is 76.0 cm³/mol. The van der Waals surface area contributed by atoms with Crippen molar-refractivity contribution in [3.05, 3.63) is 24.5 Å². The Kier molecular flexibility index (Phi) is 3.55. The van der Waals surface area contributed by atoms with E-state index in [2.05, 4.69) is 19.9 Å². The Morgan fingerprint density at radius 3 is 3.00 bits per heavy atom. The van der Waals surface area contributed by atoms with Crippen LogP contribution >= 0.6 is 0 Å². The highest BCUT2D eigenvalue weighted by Crippen LogP contribution is 2.25. The smallest absolute Gasteiger partial charge is 0.180 e. The molecule has 1 fully saturated rings. The molecule has 19 heavy (non-hydrogen) atoms. The number of hydrogen-bond acceptors (Lipinski definition) is 5. The van der Waals surface area contributed by atoms with E-state index in [0.717, 1.165) is 36.5 Å². The number of anilines is 1. The Hall–Kier alpha value is -1.75. The average Bonchev–Trinajstić information content (AvgIpc) is 2.48. The normalized spacial score (nSPS) is 19.8. The molecule has 1 atom stereocenters. The van der Waals surface area contributed by atoms with E-state index in [1.807, 2.05) is 12.1 Å². The van der Waals surface area contributed by atoms with Gasteiger partial charge in [0, 0.05) is 25.0 Å². The van der Waals surface area contributed by atoms with Crippen LogP contribution in [-0.2, 0) is 0 Å². The van der Waals surface area contributed by atoms with Crippen molar-refractivity contribution in [2.45, 2.75) is 31.7 Å². The van der Waals surface area contributed by atoms with Gasteiger partial charge in [0.15, 0.2) is 5.65 Å². The highest BCUT2D eigenvalue weighted by Gasteiger charge is 2.23. The minimum Gasteiger partial charge on any atom is -0.354 e. The number of fused-ring (bicyclic) bond motifs is 1.